The zero-order valence-electron chi connectivity index (χ0n) is 12.8. The van der Waals surface area contributed by atoms with E-state index in [1.807, 2.05) is 24.4 Å². The molecule has 0 saturated carbocycles. The van der Waals surface area contributed by atoms with Crippen LogP contribution in [0, 0.1) is 0 Å². The van der Waals surface area contributed by atoms with Crippen LogP contribution in [0.1, 0.15) is 10.6 Å². The number of nitrogens with zero attached hydrogens (tertiary/aromatic N) is 2. The van der Waals surface area contributed by atoms with Gasteiger partial charge in [0.25, 0.3) is 0 Å². The molecule has 2 heterocycles. The van der Waals surface area contributed by atoms with Crippen LogP contribution >= 0.6 is 35.3 Å². The van der Waals surface area contributed by atoms with E-state index in [4.69, 9.17) is 0 Å². The lowest BCUT2D eigenvalue weighted by atomic mass is 10.1. The molecular formula is C17H19IN4S. The number of hydrogen-bond donors (Lipinski definition) is 2. The molecule has 0 atom stereocenters. The van der Waals surface area contributed by atoms with Crippen molar-refractivity contribution in [2.45, 2.75) is 13.1 Å². The van der Waals surface area contributed by atoms with Gasteiger partial charge < -0.3 is 10.6 Å². The normalized spacial score (nSPS) is 11.1. The van der Waals surface area contributed by atoms with E-state index < -0.39 is 0 Å². The number of rotatable bonds is 4. The van der Waals surface area contributed by atoms with E-state index in [9.17, 15) is 0 Å². The van der Waals surface area contributed by atoms with Crippen LogP contribution in [0.5, 0.6) is 0 Å². The first-order valence-electron chi connectivity index (χ1n) is 7.16. The molecule has 0 aliphatic heterocycles. The van der Waals surface area contributed by atoms with Crippen LogP contribution in [-0.4, -0.2) is 18.0 Å². The van der Waals surface area contributed by atoms with Gasteiger partial charge >= 0.3 is 0 Å². The highest BCUT2D eigenvalue weighted by Gasteiger charge is 2.04. The third-order valence-corrected chi connectivity index (χ3v) is 4.29. The van der Waals surface area contributed by atoms with Crippen molar-refractivity contribution in [3.63, 3.8) is 0 Å². The Morgan fingerprint density at radius 2 is 1.91 bits per heavy atom. The second-order valence-electron chi connectivity index (χ2n) is 4.84. The highest BCUT2D eigenvalue weighted by atomic mass is 127. The van der Waals surface area contributed by atoms with Crippen LogP contribution in [0.4, 0.5) is 0 Å². The predicted molar refractivity (Wildman–Crippen MR) is 109 cm³/mol. The van der Waals surface area contributed by atoms with Crippen molar-refractivity contribution in [3.8, 4) is 0 Å². The third kappa shape index (κ3) is 4.65. The van der Waals surface area contributed by atoms with E-state index in [0.717, 1.165) is 18.2 Å². The standard InChI is InChI=1S/C17H18N4S.HI/c1-18-17(20-11-14-6-4-10-22-14)21-12-16-15-7-3-2-5-13(15)8-9-19-16;/h2-10H,11-12H2,1H3,(H2,18,20,21);1H. The molecule has 6 heteroatoms. The molecule has 0 aliphatic rings. The first-order chi connectivity index (χ1) is 10.9. The maximum absolute atomic E-state index is 4.48. The minimum Gasteiger partial charge on any atom is -0.352 e. The molecule has 3 aromatic rings. The molecule has 23 heavy (non-hydrogen) atoms. The van der Waals surface area contributed by atoms with Crippen molar-refractivity contribution in [1.82, 2.24) is 15.6 Å². The number of nitrogens with one attached hydrogen (secondary N) is 2. The van der Waals surface area contributed by atoms with Crippen LogP contribution in [0.25, 0.3) is 10.8 Å². The zero-order chi connectivity index (χ0) is 15.2. The SMILES string of the molecule is CN=C(NCc1cccs1)NCc1nccc2ccccc12.I. The van der Waals surface area contributed by atoms with Gasteiger partial charge in [-0.2, -0.15) is 0 Å². The largest absolute Gasteiger partial charge is 0.352 e. The molecule has 4 nitrogen and oxygen atoms in total. The molecule has 0 spiro atoms. The Kier molecular flexibility index (Phi) is 6.79. The molecule has 3 rings (SSSR count). The predicted octanol–water partition coefficient (Wildman–Crippen LogP) is 3.78. The molecule has 2 N–H and O–H groups in total. The zero-order valence-corrected chi connectivity index (χ0v) is 16.0. The van der Waals surface area contributed by atoms with Crippen molar-refractivity contribution in [1.29, 1.82) is 0 Å². The monoisotopic (exact) mass is 438 g/mol. The first kappa shape index (κ1) is 17.7. The Labute approximate surface area is 157 Å². The van der Waals surface area contributed by atoms with Gasteiger partial charge in [0.1, 0.15) is 0 Å². The second kappa shape index (κ2) is 8.83. The number of hydrogen-bond acceptors (Lipinski definition) is 3. The fraction of sp³-hybridized carbons (Fsp3) is 0.176. The molecule has 0 aliphatic carbocycles. The van der Waals surface area contributed by atoms with Crippen LogP contribution < -0.4 is 10.6 Å². The Morgan fingerprint density at radius 1 is 1.09 bits per heavy atom. The van der Waals surface area contributed by atoms with Crippen molar-refractivity contribution in [3.05, 3.63) is 64.6 Å². The molecule has 0 fully saturated rings. The number of pyridine rings is 1. The smallest absolute Gasteiger partial charge is 0.191 e. The van der Waals surface area contributed by atoms with E-state index in [2.05, 4.69) is 50.3 Å². The van der Waals surface area contributed by atoms with E-state index in [1.54, 1.807) is 18.4 Å². The van der Waals surface area contributed by atoms with Crippen LogP contribution in [-0.2, 0) is 13.1 Å². The molecular weight excluding hydrogens is 419 g/mol. The van der Waals surface area contributed by atoms with Crippen molar-refractivity contribution in [2.75, 3.05) is 7.05 Å². The summed E-state index contributed by atoms with van der Waals surface area (Å²) in [6, 6.07) is 14.5. The van der Waals surface area contributed by atoms with Crippen LogP contribution in [0.2, 0.25) is 0 Å². The maximum atomic E-state index is 4.48. The summed E-state index contributed by atoms with van der Waals surface area (Å²) in [5.41, 5.74) is 1.03. The van der Waals surface area contributed by atoms with E-state index in [0.29, 0.717) is 6.54 Å². The van der Waals surface area contributed by atoms with Crippen LogP contribution in [0.15, 0.2) is 59.0 Å². The first-order valence-corrected chi connectivity index (χ1v) is 8.04. The number of thiophene rings is 1. The van der Waals surface area contributed by atoms with Gasteiger partial charge in [-0.1, -0.05) is 30.3 Å². The highest BCUT2D eigenvalue weighted by molar-refractivity contribution is 14.0. The fourth-order valence-corrected chi connectivity index (χ4v) is 2.94. The molecule has 120 valence electrons. The molecule has 0 unspecified atom stereocenters. The molecule has 0 saturated heterocycles. The minimum absolute atomic E-state index is 0. The third-order valence-electron chi connectivity index (χ3n) is 3.41. The average Bonchev–Trinajstić information content (AvgIpc) is 3.08. The van der Waals surface area contributed by atoms with Gasteiger partial charge in [0.15, 0.2) is 5.96 Å². The lowest BCUT2D eigenvalue weighted by molar-refractivity contribution is 0.804. The minimum atomic E-state index is 0. The molecule has 1 aromatic carbocycles. The average molecular weight is 438 g/mol. The Bertz CT molecular complexity index is 766. The number of benzene rings is 1. The van der Waals surface area contributed by atoms with Gasteiger partial charge in [-0.15, -0.1) is 35.3 Å². The van der Waals surface area contributed by atoms with E-state index in [1.165, 1.54) is 15.6 Å². The van der Waals surface area contributed by atoms with E-state index >= 15 is 0 Å². The summed E-state index contributed by atoms with van der Waals surface area (Å²) >= 11 is 1.73. The van der Waals surface area contributed by atoms with Crippen molar-refractivity contribution >= 4 is 52.0 Å². The van der Waals surface area contributed by atoms with E-state index in [-0.39, 0.29) is 24.0 Å². The maximum Gasteiger partial charge on any atom is 0.191 e. The quantitative estimate of drug-likeness (QED) is 0.371. The molecule has 0 bridgehead atoms. The fourth-order valence-electron chi connectivity index (χ4n) is 2.30. The second-order valence-corrected chi connectivity index (χ2v) is 5.87. The summed E-state index contributed by atoms with van der Waals surface area (Å²) in [7, 11) is 1.78. The summed E-state index contributed by atoms with van der Waals surface area (Å²) in [4.78, 5) is 10.0. The van der Waals surface area contributed by atoms with Gasteiger partial charge in [0.2, 0.25) is 0 Å². The van der Waals surface area contributed by atoms with Gasteiger partial charge in [0.05, 0.1) is 18.8 Å². The molecule has 0 radical (unpaired) electrons. The Balaban J connectivity index is 0.00000192. The number of aromatic nitrogens is 1. The van der Waals surface area contributed by atoms with Gasteiger partial charge in [-0.05, 0) is 22.9 Å². The Hall–Kier alpha value is -1.67. The molecule has 0 amide bonds. The summed E-state index contributed by atoms with van der Waals surface area (Å²) in [6.07, 6.45) is 1.85. The number of halogens is 1. The number of aliphatic imine (C=N–C) groups is 1. The molecule has 2 aromatic heterocycles. The Morgan fingerprint density at radius 3 is 2.70 bits per heavy atom. The topological polar surface area (TPSA) is 49.3 Å². The lowest BCUT2D eigenvalue weighted by Gasteiger charge is -2.12. The number of fused-ring (bicyclic) bond motifs is 1. The van der Waals surface area contributed by atoms with Gasteiger partial charge in [-0.3, -0.25) is 9.98 Å². The summed E-state index contributed by atoms with van der Waals surface area (Å²) in [5, 5.41) is 11.1. The number of guanidine groups is 1. The van der Waals surface area contributed by atoms with Crippen molar-refractivity contribution in [2.24, 2.45) is 4.99 Å². The van der Waals surface area contributed by atoms with Gasteiger partial charge in [0, 0.05) is 23.5 Å². The van der Waals surface area contributed by atoms with Crippen LogP contribution in [0.3, 0.4) is 0 Å². The lowest BCUT2D eigenvalue weighted by Crippen LogP contribution is -2.36. The van der Waals surface area contributed by atoms with Gasteiger partial charge in [-0.25, -0.2) is 0 Å². The summed E-state index contributed by atoms with van der Waals surface area (Å²) in [6.45, 7) is 1.42. The summed E-state index contributed by atoms with van der Waals surface area (Å²) < 4.78 is 0. The summed E-state index contributed by atoms with van der Waals surface area (Å²) in [5.74, 6) is 0.781. The van der Waals surface area contributed by atoms with Crippen molar-refractivity contribution < 1.29 is 0 Å². The highest BCUT2D eigenvalue weighted by Crippen LogP contribution is 2.15.